The summed E-state index contributed by atoms with van der Waals surface area (Å²) in [6.45, 7) is 4.20. The number of furan rings is 1. The lowest BCUT2D eigenvalue weighted by Crippen LogP contribution is -2.47. The Morgan fingerprint density at radius 2 is 2.11 bits per heavy atom. The lowest BCUT2D eigenvalue weighted by molar-refractivity contribution is 0.0662. The van der Waals surface area contributed by atoms with E-state index in [0.717, 1.165) is 36.3 Å². The Bertz CT molecular complexity index is 922. The number of carbonyl (C=O) groups excluding carboxylic acids is 1. The number of benzene rings is 1. The Morgan fingerprint density at radius 1 is 1.25 bits per heavy atom. The fourth-order valence-corrected chi connectivity index (χ4v) is 3.53. The molecule has 4 rings (SSSR count). The van der Waals surface area contributed by atoms with Crippen LogP contribution in [0.3, 0.4) is 0 Å². The maximum Gasteiger partial charge on any atom is 0.289 e. The Balaban J connectivity index is 1.33. The van der Waals surface area contributed by atoms with E-state index in [2.05, 4.69) is 34.3 Å². The highest BCUT2D eigenvalue weighted by atomic mass is 16.3. The predicted octanol–water partition coefficient (Wildman–Crippen LogP) is 3.44. The summed E-state index contributed by atoms with van der Waals surface area (Å²) in [4.78, 5) is 23.3. The van der Waals surface area contributed by atoms with Crippen LogP contribution in [0.15, 0.2) is 59.5 Å². The maximum absolute atomic E-state index is 12.5. The second-order valence-electron chi connectivity index (χ2n) is 7.23. The van der Waals surface area contributed by atoms with Crippen LogP contribution in [-0.2, 0) is 6.54 Å². The summed E-state index contributed by atoms with van der Waals surface area (Å²) in [5, 5.41) is 3.53. The zero-order valence-electron chi connectivity index (χ0n) is 16.0. The van der Waals surface area contributed by atoms with Crippen LogP contribution in [0.25, 0.3) is 11.4 Å². The van der Waals surface area contributed by atoms with Crippen molar-refractivity contribution in [2.75, 3.05) is 13.1 Å². The van der Waals surface area contributed by atoms with Gasteiger partial charge in [0.2, 0.25) is 0 Å². The van der Waals surface area contributed by atoms with Crippen molar-refractivity contribution in [3.05, 3.63) is 71.9 Å². The molecule has 28 heavy (non-hydrogen) atoms. The van der Waals surface area contributed by atoms with Gasteiger partial charge in [-0.3, -0.25) is 4.79 Å². The first-order chi connectivity index (χ1) is 13.7. The lowest BCUT2D eigenvalue weighted by Gasteiger charge is -2.32. The van der Waals surface area contributed by atoms with Gasteiger partial charge in [0, 0.05) is 49.2 Å². The van der Waals surface area contributed by atoms with Crippen molar-refractivity contribution in [2.45, 2.75) is 32.4 Å². The SMILES string of the molecule is Cc1cccc(-c2ncc(CNC3CCCN(C(=O)c4ccco4)C3)cn2)c1. The molecular weight excluding hydrogens is 352 g/mol. The third-order valence-corrected chi connectivity index (χ3v) is 5.02. The fraction of sp³-hybridized carbons (Fsp3) is 0.318. The van der Waals surface area contributed by atoms with Gasteiger partial charge >= 0.3 is 0 Å². The second kappa shape index (κ2) is 8.35. The average Bonchev–Trinajstić information content (AvgIpc) is 3.27. The van der Waals surface area contributed by atoms with Gasteiger partial charge in [-0.2, -0.15) is 0 Å². The summed E-state index contributed by atoms with van der Waals surface area (Å²) in [5.74, 6) is 1.10. The van der Waals surface area contributed by atoms with Crippen molar-refractivity contribution in [2.24, 2.45) is 0 Å². The number of aromatic nitrogens is 2. The molecule has 1 aromatic carbocycles. The first-order valence-corrected chi connectivity index (χ1v) is 9.63. The largest absolute Gasteiger partial charge is 0.459 e. The molecule has 0 aliphatic carbocycles. The molecule has 1 atom stereocenters. The molecule has 1 aliphatic heterocycles. The summed E-state index contributed by atoms with van der Waals surface area (Å²) in [5.41, 5.74) is 3.25. The van der Waals surface area contributed by atoms with Crippen molar-refractivity contribution in [3.8, 4) is 11.4 Å². The van der Waals surface area contributed by atoms with Crippen LogP contribution in [-0.4, -0.2) is 39.9 Å². The first kappa shape index (κ1) is 18.4. The minimum absolute atomic E-state index is 0.0395. The summed E-state index contributed by atoms with van der Waals surface area (Å²) in [6, 6.07) is 11.9. The molecule has 6 heteroatoms. The maximum atomic E-state index is 12.5. The highest BCUT2D eigenvalue weighted by Crippen LogP contribution is 2.17. The molecule has 2 aromatic heterocycles. The van der Waals surface area contributed by atoms with Crippen LogP contribution in [0.5, 0.6) is 0 Å². The second-order valence-corrected chi connectivity index (χ2v) is 7.23. The van der Waals surface area contributed by atoms with E-state index in [1.54, 1.807) is 12.1 Å². The molecule has 0 radical (unpaired) electrons. The van der Waals surface area contributed by atoms with E-state index in [1.165, 1.54) is 11.8 Å². The molecule has 1 amide bonds. The van der Waals surface area contributed by atoms with Crippen molar-refractivity contribution in [1.29, 1.82) is 0 Å². The number of amides is 1. The van der Waals surface area contributed by atoms with Crippen LogP contribution < -0.4 is 5.32 Å². The number of nitrogens with one attached hydrogen (secondary N) is 1. The quantitative estimate of drug-likeness (QED) is 0.739. The number of nitrogens with zero attached hydrogens (tertiary/aromatic N) is 3. The Hall–Kier alpha value is -2.99. The average molecular weight is 376 g/mol. The van der Waals surface area contributed by atoms with Gasteiger partial charge in [0.15, 0.2) is 11.6 Å². The molecular formula is C22H24N4O2. The van der Waals surface area contributed by atoms with Gasteiger partial charge < -0.3 is 14.6 Å². The minimum Gasteiger partial charge on any atom is -0.459 e. The number of hydrogen-bond donors (Lipinski definition) is 1. The topological polar surface area (TPSA) is 71.3 Å². The molecule has 1 N–H and O–H groups in total. The summed E-state index contributed by atoms with van der Waals surface area (Å²) < 4.78 is 5.24. The number of aryl methyl sites for hydroxylation is 1. The standard InChI is InChI=1S/C22H24N4O2/c1-16-5-2-6-18(11-16)21-24-13-17(14-25-21)12-23-19-7-3-9-26(15-19)22(27)20-8-4-10-28-20/h2,4-6,8,10-11,13-14,19,23H,3,7,9,12,15H2,1H3. The van der Waals surface area contributed by atoms with E-state index < -0.39 is 0 Å². The van der Waals surface area contributed by atoms with E-state index in [4.69, 9.17) is 4.42 Å². The van der Waals surface area contributed by atoms with Crippen LogP contribution in [0.4, 0.5) is 0 Å². The van der Waals surface area contributed by atoms with Crippen LogP contribution in [0.2, 0.25) is 0 Å². The molecule has 1 unspecified atom stereocenters. The summed E-state index contributed by atoms with van der Waals surface area (Å²) in [6.07, 6.45) is 7.29. The smallest absolute Gasteiger partial charge is 0.289 e. The zero-order chi connectivity index (χ0) is 19.3. The van der Waals surface area contributed by atoms with Gasteiger partial charge in [-0.15, -0.1) is 0 Å². The Kier molecular flexibility index (Phi) is 5.48. The predicted molar refractivity (Wildman–Crippen MR) is 107 cm³/mol. The number of carbonyl (C=O) groups is 1. The molecule has 1 fully saturated rings. The van der Waals surface area contributed by atoms with Gasteiger partial charge in [-0.25, -0.2) is 9.97 Å². The highest BCUT2D eigenvalue weighted by Gasteiger charge is 2.25. The number of likely N-dealkylation sites (tertiary alicyclic amines) is 1. The molecule has 6 nitrogen and oxygen atoms in total. The third kappa shape index (κ3) is 4.28. The van der Waals surface area contributed by atoms with Crippen molar-refractivity contribution in [3.63, 3.8) is 0 Å². The normalized spacial score (nSPS) is 16.9. The van der Waals surface area contributed by atoms with Crippen LogP contribution in [0.1, 0.15) is 34.5 Å². The van der Waals surface area contributed by atoms with Gasteiger partial charge in [-0.1, -0.05) is 23.8 Å². The van der Waals surface area contributed by atoms with Crippen molar-refractivity contribution < 1.29 is 9.21 Å². The zero-order valence-corrected chi connectivity index (χ0v) is 16.0. The molecule has 3 heterocycles. The highest BCUT2D eigenvalue weighted by molar-refractivity contribution is 5.91. The van der Waals surface area contributed by atoms with E-state index in [0.29, 0.717) is 18.8 Å². The van der Waals surface area contributed by atoms with Crippen LogP contribution >= 0.6 is 0 Å². The van der Waals surface area contributed by atoms with Gasteiger partial charge in [0.25, 0.3) is 5.91 Å². The molecule has 1 aliphatic rings. The van der Waals surface area contributed by atoms with Gasteiger partial charge in [-0.05, 0) is 38.0 Å². The number of hydrogen-bond acceptors (Lipinski definition) is 5. The third-order valence-electron chi connectivity index (χ3n) is 5.02. The fourth-order valence-electron chi connectivity index (χ4n) is 3.53. The summed E-state index contributed by atoms with van der Waals surface area (Å²) >= 11 is 0. The van der Waals surface area contributed by atoms with Crippen LogP contribution in [0, 0.1) is 6.92 Å². The van der Waals surface area contributed by atoms with Crippen molar-refractivity contribution in [1.82, 2.24) is 20.2 Å². The molecule has 3 aromatic rings. The number of rotatable bonds is 5. The molecule has 0 spiro atoms. The van der Waals surface area contributed by atoms with E-state index >= 15 is 0 Å². The number of piperidine rings is 1. The molecule has 144 valence electrons. The molecule has 0 bridgehead atoms. The monoisotopic (exact) mass is 376 g/mol. The Labute approximate surface area is 164 Å². The van der Waals surface area contributed by atoms with Gasteiger partial charge in [0.05, 0.1) is 6.26 Å². The molecule has 0 saturated carbocycles. The van der Waals surface area contributed by atoms with E-state index in [1.807, 2.05) is 29.4 Å². The minimum atomic E-state index is -0.0395. The lowest BCUT2D eigenvalue weighted by atomic mass is 10.1. The Morgan fingerprint density at radius 3 is 2.86 bits per heavy atom. The van der Waals surface area contributed by atoms with Crippen molar-refractivity contribution >= 4 is 5.91 Å². The summed E-state index contributed by atoms with van der Waals surface area (Å²) in [7, 11) is 0. The first-order valence-electron chi connectivity index (χ1n) is 9.63. The van der Waals surface area contributed by atoms with E-state index in [9.17, 15) is 4.79 Å². The van der Waals surface area contributed by atoms with E-state index in [-0.39, 0.29) is 11.9 Å². The van der Waals surface area contributed by atoms with Gasteiger partial charge in [0.1, 0.15) is 0 Å². The molecule has 1 saturated heterocycles.